The number of nitrogen functional groups attached to an aromatic ring is 1. The molecular formula is C16H22N4. The number of hydrogen-bond acceptors (Lipinski definition) is 4. The number of anilines is 2. The fourth-order valence-corrected chi connectivity index (χ4v) is 3.19. The molecule has 0 amide bonds. The summed E-state index contributed by atoms with van der Waals surface area (Å²) in [5.74, 6) is 1.41. The van der Waals surface area contributed by atoms with E-state index in [1.165, 1.54) is 32.1 Å². The van der Waals surface area contributed by atoms with Crippen LogP contribution in [0.25, 0.3) is 11.0 Å². The van der Waals surface area contributed by atoms with E-state index in [-0.39, 0.29) is 0 Å². The van der Waals surface area contributed by atoms with Gasteiger partial charge in [0.15, 0.2) is 11.6 Å². The normalized spacial score (nSPS) is 16.4. The zero-order chi connectivity index (χ0) is 13.9. The number of nitrogens with two attached hydrogens (primary N) is 1. The van der Waals surface area contributed by atoms with Crippen LogP contribution >= 0.6 is 0 Å². The minimum Gasteiger partial charge on any atom is -0.381 e. The van der Waals surface area contributed by atoms with Gasteiger partial charge in [-0.2, -0.15) is 0 Å². The predicted octanol–water partition coefficient (Wildman–Crippen LogP) is 3.37. The highest BCUT2D eigenvalue weighted by Crippen LogP contribution is 2.29. The first-order valence-corrected chi connectivity index (χ1v) is 7.58. The number of benzene rings is 1. The monoisotopic (exact) mass is 270 g/mol. The minimum absolute atomic E-state index is 0.552. The topological polar surface area (TPSA) is 55.0 Å². The van der Waals surface area contributed by atoms with Crippen molar-refractivity contribution in [3.05, 3.63) is 24.3 Å². The molecule has 2 N–H and O–H groups in total. The third-order valence-electron chi connectivity index (χ3n) is 4.21. The first-order chi connectivity index (χ1) is 9.79. The zero-order valence-corrected chi connectivity index (χ0v) is 12.0. The lowest BCUT2D eigenvalue weighted by molar-refractivity contribution is 0.416. The van der Waals surface area contributed by atoms with Crippen molar-refractivity contribution in [2.24, 2.45) is 0 Å². The van der Waals surface area contributed by atoms with Gasteiger partial charge in [0.05, 0.1) is 11.0 Å². The third kappa shape index (κ3) is 2.42. The van der Waals surface area contributed by atoms with Crippen LogP contribution in [0, 0.1) is 0 Å². The molecule has 1 saturated carbocycles. The molecule has 20 heavy (non-hydrogen) atoms. The van der Waals surface area contributed by atoms with Crippen molar-refractivity contribution in [1.82, 2.24) is 9.97 Å². The second kappa shape index (κ2) is 5.65. The van der Waals surface area contributed by atoms with Gasteiger partial charge >= 0.3 is 0 Å². The van der Waals surface area contributed by atoms with Crippen LogP contribution in [0.15, 0.2) is 24.3 Å². The molecule has 0 radical (unpaired) electrons. The Bertz CT molecular complexity index is 590. The van der Waals surface area contributed by atoms with Gasteiger partial charge in [0.1, 0.15) is 0 Å². The molecule has 0 unspecified atom stereocenters. The van der Waals surface area contributed by atoms with E-state index >= 15 is 0 Å². The van der Waals surface area contributed by atoms with Crippen LogP contribution in [0.3, 0.4) is 0 Å². The van der Waals surface area contributed by atoms with Gasteiger partial charge in [-0.15, -0.1) is 0 Å². The Labute approximate surface area is 120 Å². The Hall–Kier alpha value is -1.84. The molecule has 1 heterocycles. The Balaban J connectivity index is 1.99. The van der Waals surface area contributed by atoms with Crippen LogP contribution in [-0.4, -0.2) is 22.6 Å². The standard InChI is InChI=1S/C16H22N4/c1-2-20(12-8-4-3-5-9-12)16-15(17)18-13-10-6-7-11-14(13)19-16/h6-7,10-12H,2-5,8-9H2,1H3,(H2,17,18). The first kappa shape index (κ1) is 13.2. The van der Waals surface area contributed by atoms with Gasteiger partial charge in [-0.05, 0) is 31.9 Å². The molecule has 0 bridgehead atoms. The van der Waals surface area contributed by atoms with E-state index in [0.29, 0.717) is 11.9 Å². The SMILES string of the molecule is CCN(c1nc2ccccc2nc1N)C1CCCCC1. The van der Waals surface area contributed by atoms with E-state index in [9.17, 15) is 0 Å². The lowest BCUT2D eigenvalue weighted by Crippen LogP contribution is -2.37. The van der Waals surface area contributed by atoms with E-state index in [2.05, 4.69) is 16.8 Å². The summed E-state index contributed by atoms with van der Waals surface area (Å²) >= 11 is 0. The fraction of sp³-hybridized carbons (Fsp3) is 0.500. The van der Waals surface area contributed by atoms with Gasteiger partial charge in [0.2, 0.25) is 0 Å². The second-order valence-electron chi connectivity index (χ2n) is 5.50. The summed E-state index contributed by atoms with van der Waals surface area (Å²) in [4.78, 5) is 11.6. The predicted molar refractivity (Wildman–Crippen MR) is 83.8 cm³/mol. The molecule has 4 nitrogen and oxygen atoms in total. The van der Waals surface area contributed by atoms with Crippen molar-refractivity contribution >= 4 is 22.7 Å². The molecular weight excluding hydrogens is 248 g/mol. The molecule has 0 aliphatic heterocycles. The maximum Gasteiger partial charge on any atom is 0.172 e. The minimum atomic E-state index is 0.552. The van der Waals surface area contributed by atoms with Gasteiger partial charge in [-0.1, -0.05) is 31.4 Å². The van der Waals surface area contributed by atoms with E-state index in [0.717, 1.165) is 23.4 Å². The van der Waals surface area contributed by atoms with Gasteiger partial charge in [0, 0.05) is 12.6 Å². The molecule has 0 atom stereocenters. The van der Waals surface area contributed by atoms with Crippen molar-refractivity contribution < 1.29 is 0 Å². The molecule has 1 fully saturated rings. The molecule has 4 heteroatoms. The number of para-hydroxylation sites is 2. The fourth-order valence-electron chi connectivity index (χ4n) is 3.19. The average molecular weight is 270 g/mol. The van der Waals surface area contributed by atoms with Crippen LogP contribution in [0.2, 0.25) is 0 Å². The summed E-state index contributed by atoms with van der Waals surface area (Å²) in [6, 6.07) is 8.48. The van der Waals surface area contributed by atoms with E-state index < -0.39 is 0 Å². The molecule has 1 aliphatic rings. The molecule has 1 aliphatic carbocycles. The van der Waals surface area contributed by atoms with Gasteiger partial charge in [0.25, 0.3) is 0 Å². The Kier molecular flexibility index (Phi) is 3.72. The second-order valence-corrected chi connectivity index (χ2v) is 5.50. The summed E-state index contributed by atoms with van der Waals surface area (Å²) in [5.41, 5.74) is 7.95. The van der Waals surface area contributed by atoms with Crippen LogP contribution in [0.1, 0.15) is 39.0 Å². The Morgan fingerprint density at radius 3 is 2.40 bits per heavy atom. The van der Waals surface area contributed by atoms with Crippen molar-refractivity contribution in [2.75, 3.05) is 17.2 Å². The highest BCUT2D eigenvalue weighted by Gasteiger charge is 2.23. The van der Waals surface area contributed by atoms with Crippen molar-refractivity contribution in [1.29, 1.82) is 0 Å². The van der Waals surface area contributed by atoms with Crippen LogP contribution in [-0.2, 0) is 0 Å². The number of rotatable bonds is 3. The molecule has 3 rings (SSSR count). The molecule has 1 aromatic heterocycles. The van der Waals surface area contributed by atoms with Crippen LogP contribution < -0.4 is 10.6 Å². The lowest BCUT2D eigenvalue weighted by Gasteiger charge is -2.34. The molecule has 106 valence electrons. The van der Waals surface area contributed by atoms with Gasteiger partial charge < -0.3 is 10.6 Å². The largest absolute Gasteiger partial charge is 0.381 e. The van der Waals surface area contributed by atoms with E-state index in [1.807, 2.05) is 24.3 Å². The molecule has 1 aromatic carbocycles. The lowest BCUT2D eigenvalue weighted by atomic mass is 9.94. The quantitative estimate of drug-likeness (QED) is 0.929. The average Bonchev–Trinajstić information content (AvgIpc) is 2.49. The number of nitrogens with zero attached hydrogens (tertiary/aromatic N) is 3. The van der Waals surface area contributed by atoms with Gasteiger partial charge in [-0.25, -0.2) is 9.97 Å². The number of aromatic nitrogens is 2. The third-order valence-corrected chi connectivity index (χ3v) is 4.21. The molecule has 0 saturated heterocycles. The first-order valence-electron chi connectivity index (χ1n) is 7.58. The summed E-state index contributed by atoms with van der Waals surface area (Å²) in [6.45, 7) is 3.10. The van der Waals surface area contributed by atoms with Crippen LogP contribution in [0.5, 0.6) is 0 Å². The van der Waals surface area contributed by atoms with Crippen molar-refractivity contribution in [3.8, 4) is 0 Å². The summed E-state index contributed by atoms with van der Waals surface area (Å²) < 4.78 is 0. The molecule has 0 spiro atoms. The number of fused-ring (bicyclic) bond motifs is 1. The van der Waals surface area contributed by atoms with Crippen molar-refractivity contribution in [3.63, 3.8) is 0 Å². The number of hydrogen-bond donors (Lipinski definition) is 1. The summed E-state index contributed by atoms with van der Waals surface area (Å²) in [5, 5.41) is 0. The van der Waals surface area contributed by atoms with E-state index in [4.69, 9.17) is 10.7 Å². The summed E-state index contributed by atoms with van der Waals surface area (Å²) in [7, 11) is 0. The highest BCUT2D eigenvalue weighted by molar-refractivity contribution is 5.79. The Morgan fingerprint density at radius 1 is 1.10 bits per heavy atom. The maximum atomic E-state index is 6.15. The molecule has 2 aromatic rings. The highest BCUT2D eigenvalue weighted by atomic mass is 15.2. The van der Waals surface area contributed by atoms with Crippen molar-refractivity contribution in [2.45, 2.75) is 45.1 Å². The zero-order valence-electron chi connectivity index (χ0n) is 12.0. The maximum absolute atomic E-state index is 6.15. The smallest absolute Gasteiger partial charge is 0.172 e. The van der Waals surface area contributed by atoms with Gasteiger partial charge in [-0.3, -0.25) is 0 Å². The Morgan fingerprint density at radius 2 is 1.75 bits per heavy atom. The van der Waals surface area contributed by atoms with Crippen LogP contribution in [0.4, 0.5) is 11.6 Å². The van der Waals surface area contributed by atoms with E-state index in [1.54, 1.807) is 0 Å². The summed E-state index contributed by atoms with van der Waals surface area (Å²) in [6.07, 6.45) is 6.45.